The maximum Gasteiger partial charge on any atom is 0.0282 e. The van der Waals surface area contributed by atoms with E-state index in [9.17, 15) is 0 Å². The Labute approximate surface area is 125 Å². The Kier molecular flexibility index (Phi) is 10.1. The second kappa shape index (κ2) is 11.0. The molecule has 2 heteroatoms. The number of hydrogen-bond acceptors (Lipinski definition) is 2. The summed E-state index contributed by atoms with van der Waals surface area (Å²) in [6, 6.07) is 0. The summed E-state index contributed by atoms with van der Waals surface area (Å²) in [5.74, 6) is 0. The van der Waals surface area contributed by atoms with Crippen LogP contribution in [0.4, 0.5) is 0 Å². The molecule has 0 spiro atoms. The van der Waals surface area contributed by atoms with Gasteiger partial charge in [0.15, 0.2) is 0 Å². The van der Waals surface area contributed by atoms with Crippen molar-refractivity contribution in [3.8, 4) is 0 Å². The van der Waals surface area contributed by atoms with Crippen molar-refractivity contribution in [2.75, 3.05) is 19.3 Å². The topological polar surface area (TPSA) is 12.0 Å². The van der Waals surface area contributed by atoms with E-state index in [-0.39, 0.29) is 0 Å². The summed E-state index contributed by atoms with van der Waals surface area (Å²) in [6.45, 7) is 4.77. The van der Waals surface area contributed by atoms with Crippen molar-refractivity contribution in [1.29, 1.82) is 0 Å². The van der Waals surface area contributed by atoms with E-state index in [1.54, 1.807) is 0 Å². The first-order valence-electron chi connectivity index (χ1n) is 8.59. The number of unbranched alkanes of at least 4 members (excludes halogenated alkanes) is 9. The minimum atomic E-state index is 0.637. The first-order valence-corrected chi connectivity index (χ1v) is 9.81. The van der Waals surface area contributed by atoms with Crippen LogP contribution in [0.1, 0.15) is 84.0 Å². The first kappa shape index (κ1) is 17.4. The van der Waals surface area contributed by atoms with Crippen LogP contribution in [-0.2, 0) is 0 Å². The quantitative estimate of drug-likeness (QED) is 0.429. The Morgan fingerprint density at radius 2 is 1.37 bits per heavy atom. The zero-order valence-electron chi connectivity index (χ0n) is 13.3. The Hall–Kier alpha value is 0.310. The number of rotatable bonds is 14. The van der Waals surface area contributed by atoms with Crippen LogP contribution in [0, 0.1) is 0 Å². The van der Waals surface area contributed by atoms with Crippen LogP contribution in [-0.4, -0.2) is 24.1 Å². The van der Waals surface area contributed by atoms with Gasteiger partial charge in [0.2, 0.25) is 0 Å². The van der Waals surface area contributed by atoms with E-state index in [0.717, 1.165) is 0 Å². The molecule has 0 aliphatic heterocycles. The molecule has 1 N–H and O–H groups in total. The van der Waals surface area contributed by atoms with Crippen molar-refractivity contribution >= 4 is 11.8 Å². The fraction of sp³-hybridized carbons (Fsp3) is 1.00. The molecular formula is C17H35NS. The Bertz CT molecular complexity index is 201. The van der Waals surface area contributed by atoms with Crippen LogP contribution in [0.2, 0.25) is 0 Å². The third-order valence-corrected chi connectivity index (χ3v) is 5.81. The Balaban J connectivity index is 1.70. The van der Waals surface area contributed by atoms with E-state index < -0.39 is 0 Å². The highest BCUT2D eigenvalue weighted by molar-refractivity contribution is 8.00. The Morgan fingerprint density at radius 3 is 1.84 bits per heavy atom. The van der Waals surface area contributed by atoms with Gasteiger partial charge in [-0.3, -0.25) is 0 Å². The average molecular weight is 286 g/mol. The standard InChI is InChI=1S/C17H35NS/c1-3-4-5-6-7-8-9-10-11-12-15-18-16-17(19-2)13-14-17/h18H,3-16H2,1-2H3. The molecule has 19 heavy (non-hydrogen) atoms. The second-order valence-electron chi connectivity index (χ2n) is 6.25. The molecule has 0 atom stereocenters. The summed E-state index contributed by atoms with van der Waals surface area (Å²) in [5, 5.41) is 3.64. The summed E-state index contributed by atoms with van der Waals surface area (Å²) < 4.78 is 0.637. The van der Waals surface area contributed by atoms with E-state index in [1.807, 2.05) is 0 Å². The molecule has 0 aromatic rings. The third kappa shape index (κ3) is 8.96. The molecule has 1 aliphatic rings. The van der Waals surface area contributed by atoms with E-state index in [2.05, 4.69) is 30.3 Å². The largest absolute Gasteiger partial charge is 0.315 e. The zero-order chi connectivity index (χ0) is 13.8. The van der Waals surface area contributed by atoms with Crippen molar-refractivity contribution in [3.05, 3.63) is 0 Å². The summed E-state index contributed by atoms with van der Waals surface area (Å²) >= 11 is 2.06. The Morgan fingerprint density at radius 1 is 0.842 bits per heavy atom. The monoisotopic (exact) mass is 285 g/mol. The van der Waals surface area contributed by atoms with Gasteiger partial charge in [0.25, 0.3) is 0 Å². The van der Waals surface area contributed by atoms with Gasteiger partial charge in [0.1, 0.15) is 0 Å². The first-order chi connectivity index (χ1) is 9.33. The van der Waals surface area contributed by atoms with Crippen molar-refractivity contribution in [3.63, 3.8) is 0 Å². The molecule has 114 valence electrons. The molecule has 0 aromatic carbocycles. The van der Waals surface area contributed by atoms with Crippen LogP contribution in [0.3, 0.4) is 0 Å². The van der Waals surface area contributed by atoms with Gasteiger partial charge in [-0.25, -0.2) is 0 Å². The van der Waals surface area contributed by atoms with Crippen LogP contribution in [0.25, 0.3) is 0 Å². The van der Waals surface area contributed by atoms with Gasteiger partial charge in [0.05, 0.1) is 0 Å². The second-order valence-corrected chi connectivity index (χ2v) is 7.52. The normalized spacial score (nSPS) is 16.7. The summed E-state index contributed by atoms with van der Waals surface area (Å²) in [7, 11) is 0. The van der Waals surface area contributed by atoms with Gasteiger partial charge < -0.3 is 5.32 Å². The van der Waals surface area contributed by atoms with Crippen molar-refractivity contribution < 1.29 is 0 Å². The molecule has 0 aromatic heterocycles. The highest BCUT2D eigenvalue weighted by Gasteiger charge is 2.41. The summed E-state index contributed by atoms with van der Waals surface area (Å²) in [4.78, 5) is 0. The number of hydrogen-bond donors (Lipinski definition) is 1. The molecule has 1 fully saturated rings. The molecule has 0 radical (unpaired) electrons. The third-order valence-electron chi connectivity index (χ3n) is 4.39. The van der Waals surface area contributed by atoms with Crippen molar-refractivity contribution in [1.82, 2.24) is 5.32 Å². The van der Waals surface area contributed by atoms with Gasteiger partial charge >= 0.3 is 0 Å². The van der Waals surface area contributed by atoms with Crippen LogP contribution in [0.5, 0.6) is 0 Å². The van der Waals surface area contributed by atoms with E-state index in [0.29, 0.717) is 4.75 Å². The lowest BCUT2D eigenvalue weighted by molar-refractivity contribution is 0.542. The molecule has 0 bridgehead atoms. The predicted molar refractivity (Wildman–Crippen MR) is 90.2 cm³/mol. The van der Waals surface area contributed by atoms with E-state index in [4.69, 9.17) is 0 Å². The van der Waals surface area contributed by atoms with E-state index in [1.165, 1.54) is 90.1 Å². The minimum absolute atomic E-state index is 0.637. The summed E-state index contributed by atoms with van der Waals surface area (Å²) in [5.41, 5.74) is 0. The van der Waals surface area contributed by atoms with E-state index >= 15 is 0 Å². The lowest BCUT2D eigenvalue weighted by atomic mass is 10.1. The molecule has 0 heterocycles. The number of nitrogens with one attached hydrogen (secondary N) is 1. The van der Waals surface area contributed by atoms with Crippen LogP contribution in [0.15, 0.2) is 0 Å². The molecule has 1 nitrogen and oxygen atoms in total. The molecule has 1 rings (SSSR count). The van der Waals surface area contributed by atoms with Crippen molar-refractivity contribution in [2.24, 2.45) is 0 Å². The minimum Gasteiger partial charge on any atom is -0.315 e. The maximum atomic E-state index is 3.64. The van der Waals surface area contributed by atoms with Crippen LogP contribution >= 0.6 is 11.8 Å². The highest BCUT2D eigenvalue weighted by atomic mass is 32.2. The lowest BCUT2D eigenvalue weighted by Crippen LogP contribution is -2.26. The van der Waals surface area contributed by atoms with Gasteiger partial charge in [0, 0.05) is 11.3 Å². The fourth-order valence-corrected chi connectivity index (χ4v) is 3.40. The number of thioether (sulfide) groups is 1. The van der Waals surface area contributed by atoms with Gasteiger partial charge in [-0.1, -0.05) is 64.7 Å². The molecule has 0 unspecified atom stereocenters. The SMILES string of the molecule is CCCCCCCCCCCCNCC1(SC)CC1. The smallest absolute Gasteiger partial charge is 0.0282 e. The van der Waals surface area contributed by atoms with Crippen LogP contribution < -0.4 is 5.32 Å². The highest BCUT2D eigenvalue weighted by Crippen LogP contribution is 2.46. The lowest BCUT2D eigenvalue weighted by Gasteiger charge is -2.12. The average Bonchev–Trinajstić information content (AvgIpc) is 3.21. The van der Waals surface area contributed by atoms with Gasteiger partial charge in [-0.15, -0.1) is 0 Å². The van der Waals surface area contributed by atoms with Gasteiger partial charge in [-0.05, 0) is 32.1 Å². The molecule has 0 saturated heterocycles. The molecule has 0 amide bonds. The maximum absolute atomic E-state index is 3.64. The predicted octanol–water partition coefficient (Wildman–Crippen LogP) is 5.39. The van der Waals surface area contributed by atoms with Gasteiger partial charge in [-0.2, -0.15) is 11.8 Å². The molecular weight excluding hydrogens is 250 g/mol. The molecule has 1 saturated carbocycles. The van der Waals surface area contributed by atoms with Crippen molar-refractivity contribution in [2.45, 2.75) is 88.7 Å². The fourth-order valence-electron chi connectivity index (χ4n) is 2.65. The zero-order valence-corrected chi connectivity index (χ0v) is 14.1. The molecule has 1 aliphatic carbocycles. The summed E-state index contributed by atoms with van der Waals surface area (Å²) in [6.07, 6.45) is 19.5.